The van der Waals surface area contributed by atoms with Crippen molar-refractivity contribution in [2.24, 2.45) is 5.92 Å². The molecule has 2 atom stereocenters. The number of rotatable bonds is 10. The summed E-state index contributed by atoms with van der Waals surface area (Å²) in [5, 5.41) is 11.9. The van der Waals surface area contributed by atoms with Crippen molar-refractivity contribution < 1.29 is 29.0 Å². The number of carbonyl (C=O) groups is 3. The quantitative estimate of drug-likeness (QED) is 0.636. The summed E-state index contributed by atoms with van der Waals surface area (Å²) in [5.74, 6) is -1.65. The van der Waals surface area contributed by atoms with E-state index < -0.39 is 24.0 Å². The molecular weight excluding hydrogens is 374 g/mol. The van der Waals surface area contributed by atoms with Crippen LogP contribution in [0.25, 0.3) is 0 Å². The summed E-state index contributed by atoms with van der Waals surface area (Å²) >= 11 is 0. The number of hydrogen-bond donors (Lipinski definition) is 2. The Balaban J connectivity index is 1.85. The maximum atomic E-state index is 12.4. The number of nitrogens with one attached hydrogen (secondary N) is 1. The molecule has 0 unspecified atom stereocenters. The van der Waals surface area contributed by atoms with Crippen molar-refractivity contribution >= 4 is 17.8 Å². The smallest absolute Gasteiger partial charge is 0.408 e. The highest BCUT2D eigenvalue weighted by Crippen LogP contribution is 2.18. The molecule has 0 bridgehead atoms. The summed E-state index contributed by atoms with van der Waals surface area (Å²) in [4.78, 5) is 35.9. The number of carboxylic acid groups (broad SMARTS) is 1. The van der Waals surface area contributed by atoms with Crippen LogP contribution < -0.4 is 10.1 Å². The second-order valence-electron chi connectivity index (χ2n) is 6.69. The van der Waals surface area contributed by atoms with Crippen LogP contribution in [0.2, 0.25) is 0 Å². The number of ketones is 1. The van der Waals surface area contributed by atoms with Gasteiger partial charge in [0, 0.05) is 6.42 Å². The Bertz CT molecular complexity index is 819. The number of hydrogen-bond acceptors (Lipinski definition) is 5. The molecule has 2 aromatic carbocycles. The van der Waals surface area contributed by atoms with Gasteiger partial charge in [-0.25, -0.2) is 4.79 Å². The fourth-order valence-corrected chi connectivity index (χ4v) is 2.73. The van der Waals surface area contributed by atoms with E-state index in [0.717, 1.165) is 11.1 Å². The van der Waals surface area contributed by atoms with Gasteiger partial charge in [0.25, 0.3) is 0 Å². The molecule has 0 saturated heterocycles. The van der Waals surface area contributed by atoms with Crippen molar-refractivity contribution in [1.82, 2.24) is 5.32 Å². The van der Waals surface area contributed by atoms with E-state index in [2.05, 4.69) is 5.32 Å². The lowest BCUT2D eigenvalue weighted by Gasteiger charge is -2.17. The van der Waals surface area contributed by atoms with Gasteiger partial charge in [0.05, 0.1) is 19.1 Å². The summed E-state index contributed by atoms with van der Waals surface area (Å²) in [7, 11) is 1.55. The zero-order chi connectivity index (χ0) is 21.2. The van der Waals surface area contributed by atoms with Gasteiger partial charge in [-0.15, -0.1) is 0 Å². The van der Waals surface area contributed by atoms with E-state index in [1.807, 2.05) is 30.3 Å². The van der Waals surface area contributed by atoms with E-state index in [0.29, 0.717) is 5.75 Å². The Morgan fingerprint density at radius 2 is 1.66 bits per heavy atom. The molecule has 2 rings (SSSR count). The van der Waals surface area contributed by atoms with Crippen LogP contribution in [0.1, 0.15) is 24.5 Å². The van der Waals surface area contributed by atoms with Crippen LogP contribution in [0.4, 0.5) is 4.79 Å². The predicted molar refractivity (Wildman–Crippen MR) is 107 cm³/mol. The molecule has 29 heavy (non-hydrogen) atoms. The summed E-state index contributed by atoms with van der Waals surface area (Å²) in [6.07, 6.45) is -0.714. The van der Waals surface area contributed by atoms with E-state index in [4.69, 9.17) is 9.47 Å². The zero-order valence-electron chi connectivity index (χ0n) is 16.5. The average molecular weight is 399 g/mol. The number of Topliss-reactive ketones (excluding diaryl/α,β-unsaturated/α-hetero) is 1. The number of carboxylic acids is 1. The first-order valence-corrected chi connectivity index (χ1v) is 9.24. The highest BCUT2D eigenvalue weighted by Gasteiger charge is 2.25. The van der Waals surface area contributed by atoms with Crippen LogP contribution in [0.3, 0.4) is 0 Å². The molecule has 0 heterocycles. The standard InChI is InChI=1S/C22H25NO6/c1-15(23-22(27)29-14-17-6-4-3-5-7-17)20(24)13-18(21(25)26)12-16-8-10-19(28-2)11-9-16/h3-11,15,18H,12-14H2,1-2H3,(H,23,27)(H,25,26)/t15-,18+/m0/s1. The SMILES string of the molecule is COc1ccc(C[C@H](CC(=O)[C@H](C)NC(=O)OCc2ccccc2)C(=O)O)cc1. The molecule has 7 nitrogen and oxygen atoms in total. The molecule has 1 amide bonds. The van der Waals surface area contributed by atoms with E-state index in [-0.39, 0.29) is 25.2 Å². The normalized spacial score (nSPS) is 12.5. The molecule has 0 aliphatic carbocycles. The summed E-state index contributed by atoms with van der Waals surface area (Å²) < 4.78 is 10.2. The largest absolute Gasteiger partial charge is 0.497 e. The number of methoxy groups -OCH3 is 1. The number of carbonyl (C=O) groups excluding carboxylic acids is 2. The minimum atomic E-state index is -1.06. The van der Waals surface area contributed by atoms with Crippen molar-refractivity contribution in [3.05, 3.63) is 65.7 Å². The Morgan fingerprint density at radius 1 is 1.00 bits per heavy atom. The molecule has 0 aliphatic heterocycles. The summed E-state index contributed by atoms with van der Waals surface area (Å²) in [6, 6.07) is 15.3. The topological polar surface area (TPSA) is 102 Å². The van der Waals surface area contributed by atoms with Gasteiger partial charge in [0.2, 0.25) is 0 Å². The molecule has 0 aliphatic rings. The van der Waals surface area contributed by atoms with Crippen LogP contribution in [0.5, 0.6) is 5.75 Å². The average Bonchev–Trinajstić information content (AvgIpc) is 2.72. The molecule has 0 spiro atoms. The van der Waals surface area contributed by atoms with E-state index in [1.54, 1.807) is 31.4 Å². The predicted octanol–water partition coefficient (Wildman–Crippen LogP) is 3.21. The first-order chi connectivity index (χ1) is 13.9. The molecule has 0 aromatic heterocycles. The fraction of sp³-hybridized carbons (Fsp3) is 0.318. The Kier molecular flexibility index (Phi) is 8.21. The van der Waals surface area contributed by atoms with Crippen LogP contribution in [-0.4, -0.2) is 36.1 Å². The van der Waals surface area contributed by atoms with Gasteiger partial charge in [-0.1, -0.05) is 42.5 Å². The minimum Gasteiger partial charge on any atom is -0.497 e. The lowest BCUT2D eigenvalue weighted by molar-refractivity contribution is -0.143. The molecular formula is C22H25NO6. The molecule has 0 saturated carbocycles. The van der Waals surface area contributed by atoms with Crippen LogP contribution in [-0.2, 0) is 27.4 Å². The molecule has 0 fully saturated rings. The highest BCUT2D eigenvalue weighted by molar-refractivity contribution is 5.89. The third-order valence-corrected chi connectivity index (χ3v) is 4.47. The van der Waals surface area contributed by atoms with Crippen molar-refractivity contribution in [1.29, 1.82) is 0 Å². The molecule has 2 N–H and O–H groups in total. The lowest BCUT2D eigenvalue weighted by Crippen LogP contribution is -2.40. The van der Waals surface area contributed by atoms with Gasteiger partial charge < -0.3 is 19.9 Å². The molecule has 0 radical (unpaired) electrons. The number of ether oxygens (including phenoxy) is 2. The Hall–Kier alpha value is -3.35. The van der Waals surface area contributed by atoms with Crippen LogP contribution in [0, 0.1) is 5.92 Å². The maximum Gasteiger partial charge on any atom is 0.408 e. The van der Waals surface area contributed by atoms with E-state index >= 15 is 0 Å². The number of alkyl carbamates (subject to hydrolysis) is 1. The number of aliphatic carboxylic acids is 1. The van der Waals surface area contributed by atoms with Gasteiger partial charge >= 0.3 is 12.1 Å². The van der Waals surface area contributed by atoms with Gasteiger partial charge in [-0.3, -0.25) is 9.59 Å². The Labute approximate surface area is 169 Å². The third-order valence-electron chi connectivity index (χ3n) is 4.47. The number of amides is 1. The highest BCUT2D eigenvalue weighted by atomic mass is 16.5. The summed E-state index contributed by atoms with van der Waals surface area (Å²) in [5.41, 5.74) is 1.61. The third kappa shape index (κ3) is 7.29. The number of benzene rings is 2. The zero-order valence-corrected chi connectivity index (χ0v) is 16.5. The first kappa shape index (κ1) is 21.9. The second-order valence-corrected chi connectivity index (χ2v) is 6.69. The maximum absolute atomic E-state index is 12.4. The lowest BCUT2D eigenvalue weighted by atomic mass is 9.92. The van der Waals surface area contributed by atoms with Gasteiger partial charge in [-0.05, 0) is 36.6 Å². The second kappa shape index (κ2) is 10.8. The molecule has 2 aromatic rings. The van der Waals surface area contributed by atoms with Crippen molar-refractivity contribution in [2.75, 3.05) is 7.11 Å². The fourth-order valence-electron chi connectivity index (χ4n) is 2.73. The van der Waals surface area contributed by atoms with Gasteiger partial charge in [0.15, 0.2) is 5.78 Å². The van der Waals surface area contributed by atoms with E-state index in [9.17, 15) is 19.5 Å². The minimum absolute atomic E-state index is 0.0861. The molecule has 7 heteroatoms. The monoisotopic (exact) mass is 399 g/mol. The van der Waals surface area contributed by atoms with Gasteiger partial charge in [-0.2, -0.15) is 0 Å². The van der Waals surface area contributed by atoms with Crippen LogP contribution >= 0.6 is 0 Å². The Morgan fingerprint density at radius 3 is 2.24 bits per heavy atom. The van der Waals surface area contributed by atoms with Crippen molar-refractivity contribution in [2.45, 2.75) is 32.4 Å². The van der Waals surface area contributed by atoms with Crippen molar-refractivity contribution in [3.63, 3.8) is 0 Å². The van der Waals surface area contributed by atoms with E-state index in [1.165, 1.54) is 6.92 Å². The van der Waals surface area contributed by atoms with Crippen molar-refractivity contribution in [3.8, 4) is 5.75 Å². The molecule has 154 valence electrons. The first-order valence-electron chi connectivity index (χ1n) is 9.24. The van der Waals surface area contributed by atoms with Crippen LogP contribution in [0.15, 0.2) is 54.6 Å². The van der Waals surface area contributed by atoms with Gasteiger partial charge in [0.1, 0.15) is 12.4 Å². The summed E-state index contributed by atoms with van der Waals surface area (Å²) in [6.45, 7) is 1.60.